The molecule has 1 aliphatic rings. The van der Waals surface area contributed by atoms with Crippen molar-refractivity contribution in [2.24, 2.45) is 0 Å². The van der Waals surface area contributed by atoms with E-state index in [1.165, 1.54) is 6.42 Å². The van der Waals surface area contributed by atoms with Crippen LogP contribution in [-0.4, -0.2) is 14.5 Å². The topological polar surface area (TPSA) is 50.7 Å². The summed E-state index contributed by atoms with van der Waals surface area (Å²) in [5, 5.41) is 0. The third-order valence-electron chi connectivity index (χ3n) is 3.46. The number of aromatic nitrogens is 3. The first-order valence-corrected chi connectivity index (χ1v) is 6.16. The Labute approximate surface area is 101 Å². The third kappa shape index (κ3) is 1.27. The number of nitrogens with one attached hydrogen (secondary N) is 1. The molecule has 0 atom stereocenters. The Kier molecular flexibility index (Phi) is 2.01. The molecule has 0 aliphatic heterocycles. The molecule has 0 aromatic carbocycles. The van der Waals surface area contributed by atoms with Crippen LogP contribution in [0.3, 0.4) is 0 Å². The van der Waals surface area contributed by atoms with E-state index in [2.05, 4.69) is 32.8 Å². The number of hydrogen-bond acceptors (Lipinski definition) is 2. The largest absolute Gasteiger partial charge is 0.328 e. The van der Waals surface area contributed by atoms with Crippen molar-refractivity contribution in [2.75, 3.05) is 0 Å². The molecule has 1 aliphatic carbocycles. The van der Waals surface area contributed by atoms with E-state index < -0.39 is 0 Å². The van der Waals surface area contributed by atoms with Crippen LogP contribution in [-0.2, 0) is 5.54 Å². The van der Waals surface area contributed by atoms with Gasteiger partial charge in [0.05, 0.1) is 5.52 Å². The van der Waals surface area contributed by atoms with E-state index in [0.717, 1.165) is 28.5 Å². The number of imidazole rings is 1. The van der Waals surface area contributed by atoms with E-state index in [9.17, 15) is 4.79 Å². The minimum absolute atomic E-state index is 0.0455. The number of halogens is 1. The monoisotopic (exact) mass is 281 g/mol. The minimum atomic E-state index is -0.0530. The zero-order valence-electron chi connectivity index (χ0n) is 8.96. The summed E-state index contributed by atoms with van der Waals surface area (Å²) >= 11 is 3.35. The van der Waals surface area contributed by atoms with Gasteiger partial charge in [0.2, 0.25) is 0 Å². The van der Waals surface area contributed by atoms with Gasteiger partial charge in [-0.3, -0.25) is 4.57 Å². The molecule has 0 amide bonds. The molecule has 0 saturated heterocycles. The Morgan fingerprint density at radius 3 is 2.94 bits per heavy atom. The highest BCUT2D eigenvalue weighted by molar-refractivity contribution is 9.10. The van der Waals surface area contributed by atoms with Gasteiger partial charge in [-0.05, 0) is 48.2 Å². The minimum Gasteiger partial charge on any atom is -0.304 e. The molecule has 1 fully saturated rings. The molecule has 1 saturated carbocycles. The van der Waals surface area contributed by atoms with Crippen molar-refractivity contribution in [2.45, 2.75) is 31.7 Å². The summed E-state index contributed by atoms with van der Waals surface area (Å²) in [6, 6.07) is 1.89. The number of aromatic amines is 1. The van der Waals surface area contributed by atoms with Crippen molar-refractivity contribution in [3.05, 3.63) is 27.2 Å². The van der Waals surface area contributed by atoms with E-state index in [4.69, 9.17) is 0 Å². The number of rotatable bonds is 1. The molecule has 5 heteroatoms. The molecular formula is C11H12BrN3O. The SMILES string of the molecule is CC1(n2c(=O)[nH]c3cc(Br)cnc32)CCC1. The van der Waals surface area contributed by atoms with Crippen molar-refractivity contribution in [1.82, 2.24) is 14.5 Å². The van der Waals surface area contributed by atoms with Crippen LogP contribution in [0.2, 0.25) is 0 Å². The fourth-order valence-corrected chi connectivity index (χ4v) is 2.71. The molecule has 2 aromatic rings. The van der Waals surface area contributed by atoms with Gasteiger partial charge in [0.15, 0.2) is 5.65 Å². The molecule has 2 heterocycles. The molecule has 0 unspecified atom stereocenters. The first-order chi connectivity index (χ1) is 7.60. The summed E-state index contributed by atoms with van der Waals surface area (Å²) in [6.45, 7) is 2.12. The van der Waals surface area contributed by atoms with E-state index in [0.29, 0.717) is 0 Å². The highest BCUT2D eigenvalue weighted by atomic mass is 79.9. The lowest BCUT2D eigenvalue weighted by molar-refractivity contribution is 0.169. The summed E-state index contributed by atoms with van der Waals surface area (Å²) < 4.78 is 2.69. The van der Waals surface area contributed by atoms with Crippen LogP contribution in [0, 0.1) is 0 Å². The lowest BCUT2D eigenvalue weighted by Gasteiger charge is -2.39. The van der Waals surface area contributed by atoms with Crippen LogP contribution in [0.25, 0.3) is 11.2 Å². The lowest BCUT2D eigenvalue weighted by atomic mass is 9.78. The Morgan fingerprint density at radius 2 is 2.31 bits per heavy atom. The molecule has 2 aromatic heterocycles. The average Bonchev–Trinajstić information content (AvgIpc) is 2.50. The van der Waals surface area contributed by atoms with Gasteiger partial charge in [0.1, 0.15) is 0 Å². The molecule has 1 N–H and O–H groups in total. The maximum atomic E-state index is 11.9. The summed E-state index contributed by atoms with van der Waals surface area (Å²) in [5.74, 6) is 0. The molecule has 0 bridgehead atoms. The van der Waals surface area contributed by atoms with Crippen LogP contribution >= 0.6 is 15.9 Å². The predicted molar refractivity (Wildman–Crippen MR) is 65.6 cm³/mol. The summed E-state index contributed by atoms with van der Waals surface area (Å²) in [7, 11) is 0. The fraction of sp³-hybridized carbons (Fsp3) is 0.455. The van der Waals surface area contributed by atoms with Gasteiger partial charge in [0.25, 0.3) is 0 Å². The Balaban J connectivity index is 2.32. The quantitative estimate of drug-likeness (QED) is 0.873. The molecule has 4 nitrogen and oxygen atoms in total. The van der Waals surface area contributed by atoms with Crippen molar-refractivity contribution in [3.63, 3.8) is 0 Å². The maximum Gasteiger partial charge on any atom is 0.328 e. The first-order valence-electron chi connectivity index (χ1n) is 5.37. The molecule has 0 spiro atoms. The standard InChI is InChI=1S/C11H12BrN3O/c1-11(3-2-4-11)15-9-8(14-10(15)16)5-7(12)6-13-9/h5-6H,2-4H2,1H3,(H,14,16). The second kappa shape index (κ2) is 3.20. The van der Waals surface area contributed by atoms with Gasteiger partial charge < -0.3 is 4.98 Å². The van der Waals surface area contributed by atoms with Gasteiger partial charge >= 0.3 is 5.69 Å². The van der Waals surface area contributed by atoms with Crippen LogP contribution < -0.4 is 5.69 Å². The van der Waals surface area contributed by atoms with Gasteiger partial charge in [-0.25, -0.2) is 9.78 Å². The van der Waals surface area contributed by atoms with E-state index >= 15 is 0 Å². The smallest absolute Gasteiger partial charge is 0.304 e. The van der Waals surface area contributed by atoms with E-state index in [-0.39, 0.29) is 11.2 Å². The predicted octanol–water partition coefficient (Wildman–Crippen LogP) is 2.39. The number of H-pyrrole nitrogens is 1. The Morgan fingerprint density at radius 1 is 1.56 bits per heavy atom. The van der Waals surface area contributed by atoms with Gasteiger partial charge in [-0.1, -0.05) is 0 Å². The zero-order chi connectivity index (χ0) is 11.3. The van der Waals surface area contributed by atoms with E-state index in [1.54, 1.807) is 10.8 Å². The van der Waals surface area contributed by atoms with Crippen molar-refractivity contribution >= 4 is 27.1 Å². The first kappa shape index (κ1) is 10.1. The molecule has 0 radical (unpaired) electrons. The van der Waals surface area contributed by atoms with Gasteiger partial charge in [0, 0.05) is 16.2 Å². The number of fused-ring (bicyclic) bond motifs is 1. The van der Waals surface area contributed by atoms with Crippen molar-refractivity contribution in [1.29, 1.82) is 0 Å². The van der Waals surface area contributed by atoms with Crippen LogP contribution in [0.5, 0.6) is 0 Å². The average molecular weight is 282 g/mol. The maximum absolute atomic E-state index is 11.9. The van der Waals surface area contributed by atoms with E-state index in [1.807, 2.05) is 6.07 Å². The Hall–Kier alpha value is -1.10. The summed E-state index contributed by atoms with van der Waals surface area (Å²) in [5.41, 5.74) is 1.46. The molecule has 3 rings (SSSR count). The lowest BCUT2D eigenvalue weighted by Crippen LogP contribution is -2.43. The van der Waals surface area contributed by atoms with Crippen LogP contribution in [0.15, 0.2) is 21.5 Å². The number of pyridine rings is 1. The zero-order valence-corrected chi connectivity index (χ0v) is 10.5. The van der Waals surface area contributed by atoms with Crippen molar-refractivity contribution < 1.29 is 0 Å². The second-order valence-electron chi connectivity index (χ2n) is 4.64. The van der Waals surface area contributed by atoms with Gasteiger partial charge in [-0.15, -0.1) is 0 Å². The number of hydrogen-bond donors (Lipinski definition) is 1. The normalized spacial score (nSPS) is 18.6. The third-order valence-corrected chi connectivity index (χ3v) is 3.89. The van der Waals surface area contributed by atoms with Crippen molar-refractivity contribution in [3.8, 4) is 0 Å². The molecule has 84 valence electrons. The highest BCUT2D eigenvalue weighted by Crippen LogP contribution is 2.38. The summed E-state index contributed by atoms with van der Waals surface area (Å²) in [4.78, 5) is 19.1. The van der Waals surface area contributed by atoms with Crippen LogP contribution in [0.4, 0.5) is 0 Å². The van der Waals surface area contributed by atoms with Gasteiger partial charge in [-0.2, -0.15) is 0 Å². The second-order valence-corrected chi connectivity index (χ2v) is 5.56. The fourth-order valence-electron chi connectivity index (χ4n) is 2.38. The number of nitrogens with zero attached hydrogens (tertiary/aromatic N) is 2. The Bertz CT molecular complexity index is 609. The molecular weight excluding hydrogens is 270 g/mol. The highest BCUT2D eigenvalue weighted by Gasteiger charge is 2.36. The molecule has 16 heavy (non-hydrogen) atoms. The van der Waals surface area contributed by atoms with Crippen LogP contribution in [0.1, 0.15) is 26.2 Å². The summed E-state index contributed by atoms with van der Waals surface area (Å²) in [6.07, 6.45) is 5.02.